The summed E-state index contributed by atoms with van der Waals surface area (Å²) in [6.07, 6.45) is 1.88. The molecule has 1 aliphatic carbocycles. The minimum atomic E-state index is -0.398. The van der Waals surface area contributed by atoms with E-state index in [2.05, 4.69) is 0 Å². The number of allylic oxidation sites excluding steroid dienone is 1. The van der Waals surface area contributed by atoms with E-state index in [9.17, 15) is 9.59 Å². The molecule has 0 spiro atoms. The fourth-order valence-corrected chi connectivity index (χ4v) is 2.34. The lowest BCUT2D eigenvalue weighted by Crippen LogP contribution is -2.23. The Hall–Kier alpha value is -1.32. The van der Waals surface area contributed by atoms with Crippen molar-refractivity contribution in [3.8, 4) is 0 Å². The third-order valence-corrected chi connectivity index (χ3v) is 2.95. The number of fused-ring (bicyclic) bond motifs is 2. The van der Waals surface area contributed by atoms with Gasteiger partial charge in [0.1, 0.15) is 11.9 Å². The largest absolute Gasteiger partial charge is 0.489 e. The second-order valence-corrected chi connectivity index (χ2v) is 3.88. The van der Waals surface area contributed by atoms with E-state index in [0.29, 0.717) is 12.0 Å². The molecule has 2 atom stereocenters. The van der Waals surface area contributed by atoms with Crippen LogP contribution in [-0.4, -0.2) is 24.0 Å². The predicted molar refractivity (Wildman–Crippen MR) is 45.3 cm³/mol. The molecule has 0 amide bonds. The van der Waals surface area contributed by atoms with Crippen molar-refractivity contribution in [1.29, 1.82) is 0 Å². The molecule has 2 aliphatic heterocycles. The molecule has 3 rings (SSSR count). The van der Waals surface area contributed by atoms with Gasteiger partial charge >= 0.3 is 5.97 Å². The van der Waals surface area contributed by atoms with Crippen molar-refractivity contribution >= 4 is 11.8 Å². The number of ether oxygens (including phenoxy) is 2. The molecule has 0 radical (unpaired) electrons. The number of esters is 1. The molecule has 0 N–H and O–H groups in total. The molecule has 0 aromatic carbocycles. The number of Topliss-reactive ketones (excluding diaryl/α,β-unsaturated/α-hetero) is 1. The van der Waals surface area contributed by atoms with Gasteiger partial charge in [0.25, 0.3) is 0 Å². The lowest BCUT2D eigenvalue weighted by atomic mass is 9.93. The van der Waals surface area contributed by atoms with E-state index in [0.717, 1.165) is 18.6 Å². The maximum atomic E-state index is 11.6. The Bertz CT molecular complexity index is 355. The zero-order valence-electron chi connectivity index (χ0n) is 7.62. The van der Waals surface area contributed by atoms with Gasteiger partial charge < -0.3 is 9.47 Å². The van der Waals surface area contributed by atoms with Crippen molar-refractivity contribution in [2.24, 2.45) is 0 Å². The smallest absolute Gasteiger partial charge is 0.310 e. The molecule has 2 unspecified atom stereocenters. The molecule has 0 aromatic rings. The van der Waals surface area contributed by atoms with Crippen molar-refractivity contribution in [3.05, 3.63) is 11.3 Å². The van der Waals surface area contributed by atoms with E-state index in [1.807, 2.05) is 0 Å². The molecule has 4 nitrogen and oxygen atoms in total. The van der Waals surface area contributed by atoms with Crippen LogP contribution in [0.5, 0.6) is 0 Å². The highest BCUT2D eigenvalue weighted by atomic mass is 16.6. The quantitative estimate of drug-likeness (QED) is 0.533. The van der Waals surface area contributed by atoms with Gasteiger partial charge in [0.2, 0.25) is 0 Å². The number of carbonyl (C=O) groups is 2. The molecular formula is C10H10O4. The van der Waals surface area contributed by atoms with E-state index >= 15 is 0 Å². The first kappa shape index (κ1) is 8.03. The van der Waals surface area contributed by atoms with Gasteiger partial charge in [-0.25, -0.2) is 0 Å². The summed E-state index contributed by atoms with van der Waals surface area (Å²) in [4.78, 5) is 22.6. The SMILES string of the molecule is O=C1CC2OC3=C(C(=O)CCC3)C2O1. The topological polar surface area (TPSA) is 52.6 Å². The summed E-state index contributed by atoms with van der Waals surface area (Å²) in [5.41, 5.74) is 0.632. The molecule has 0 bridgehead atoms. The van der Waals surface area contributed by atoms with Gasteiger partial charge in [0, 0.05) is 12.8 Å². The summed E-state index contributed by atoms with van der Waals surface area (Å²) < 4.78 is 10.6. The Morgan fingerprint density at radius 3 is 2.86 bits per heavy atom. The van der Waals surface area contributed by atoms with Gasteiger partial charge in [-0.05, 0) is 6.42 Å². The minimum absolute atomic E-state index is 0.0912. The Morgan fingerprint density at radius 1 is 1.14 bits per heavy atom. The lowest BCUT2D eigenvalue weighted by molar-refractivity contribution is -0.140. The van der Waals surface area contributed by atoms with Gasteiger partial charge in [-0.15, -0.1) is 0 Å². The van der Waals surface area contributed by atoms with Crippen molar-refractivity contribution in [2.75, 3.05) is 0 Å². The number of rotatable bonds is 0. The summed E-state index contributed by atoms with van der Waals surface area (Å²) in [6, 6.07) is 0. The van der Waals surface area contributed by atoms with E-state index in [1.54, 1.807) is 0 Å². The first-order valence-corrected chi connectivity index (χ1v) is 4.88. The standard InChI is InChI=1S/C10H10O4/c11-5-2-1-3-6-9(5)10-7(13-6)4-8(12)14-10/h7,10H,1-4H2. The van der Waals surface area contributed by atoms with E-state index in [-0.39, 0.29) is 24.3 Å². The minimum Gasteiger partial charge on any atom is -0.489 e. The molecule has 0 aromatic heterocycles. The van der Waals surface area contributed by atoms with Crippen LogP contribution in [0.1, 0.15) is 25.7 Å². The highest BCUT2D eigenvalue weighted by Crippen LogP contribution is 2.40. The third kappa shape index (κ3) is 0.937. The Balaban J connectivity index is 1.98. The third-order valence-electron chi connectivity index (χ3n) is 2.95. The second kappa shape index (κ2) is 2.59. The van der Waals surface area contributed by atoms with Crippen LogP contribution < -0.4 is 0 Å². The molecule has 0 saturated carbocycles. The predicted octanol–water partition coefficient (Wildman–Crippen LogP) is 0.708. The summed E-state index contributed by atoms with van der Waals surface area (Å²) in [5.74, 6) is 0.599. The molecule has 2 heterocycles. The number of hydrogen-bond donors (Lipinski definition) is 0. The van der Waals surface area contributed by atoms with Crippen LogP contribution in [-0.2, 0) is 19.1 Å². The summed E-state index contributed by atoms with van der Waals surface area (Å²) >= 11 is 0. The van der Waals surface area contributed by atoms with Crippen LogP contribution in [0.15, 0.2) is 11.3 Å². The molecule has 1 saturated heterocycles. The maximum Gasteiger partial charge on any atom is 0.310 e. The normalized spacial score (nSPS) is 35.1. The van der Waals surface area contributed by atoms with Crippen molar-refractivity contribution in [1.82, 2.24) is 0 Å². The highest BCUT2D eigenvalue weighted by molar-refractivity contribution is 5.99. The number of ketones is 1. The monoisotopic (exact) mass is 194 g/mol. The van der Waals surface area contributed by atoms with Crippen molar-refractivity contribution in [3.63, 3.8) is 0 Å². The lowest BCUT2D eigenvalue weighted by Gasteiger charge is -2.13. The Labute approximate surface area is 80.9 Å². The van der Waals surface area contributed by atoms with E-state index in [4.69, 9.17) is 9.47 Å². The van der Waals surface area contributed by atoms with Crippen LogP contribution in [0.4, 0.5) is 0 Å². The Kier molecular flexibility index (Phi) is 1.48. The van der Waals surface area contributed by atoms with Crippen LogP contribution in [0.3, 0.4) is 0 Å². The summed E-state index contributed by atoms with van der Waals surface area (Å²) in [5, 5.41) is 0. The average molecular weight is 194 g/mol. The Morgan fingerprint density at radius 2 is 2.00 bits per heavy atom. The fourth-order valence-electron chi connectivity index (χ4n) is 2.34. The molecule has 1 fully saturated rings. The average Bonchev–Trinajstić information content (AvgIpc) is 2.60. The second-order valence-electron chi connectivity index (χ2n) is 3.88. The van der Waals surface area contributed by atoms with Gasteiger partial charge in [0.15, 0.2) is 11.9 Å². The summed E-state index contributed by atoms with van der Waals surface area (Å²) in [6.45, 7) is 0. The van der Waals surface area contributed by atoms with Gasteiger partial charge in [-0.2, -0.15) is 0 Å². The van der Waals surface area contributed by atoms with E-state index < -0.39 is 6.10 Å². The first-order chi connectivity index (χ1) is 6.75. The number of hydrogen-bond acceptors (Lipinski definition) is 4. The maximum absolute atomic E-state index is 11.6. The highest BCUT2D eigenvalue weighted by Gasteiger charge is 2.48. The molecular weight excluding hydrogens is 184 g/mol. The fraction of sp³-hybridized carbons (Fsp3) is 0.600. The van der Waals surface area contributed by atoms with Crippen LogP contribution in [0.2, 0.25) is 0 Å². The van der Waals surface area contributed by atoms with Crippen LogP contribution in [0, 0.1) is 0 Å². The molecule has 14 heavy (non-hydrogen) atoms. The van der Waals surface area contributed by atoms with E-state index in [1.165, 1.54) is 0 Å². The molecule has 4 heteroatoms. The van der Waals surface area contributed by atoms with Crippen molar-refractivity contribution in [2.45, 2.75) is 37.9 Å². The zero-order valence-corrected chi connectivity index (χ0v) is 7.62. The van der Waals surface area contributed by atoms with Gasteiger partial charge in [0.05, 0.1) is 12.0 Å². The molecule has 74 valence electrons. The first-order valence-electron chi connectivity index (χ1n) is 4.88. The van der Waals surface area contributed by atoms with Crippen LogP contribution in [0.25, 0.3) is 0 Å². The summed E-state index contributed by atoms with van der Waals surface area (Å²) in [7, 11) is 0. The van der Waals surface area contributed by atoms with Gasteiger partial charge in [-0.1, -0.05) is 0 Å². The van der Waals surface area contributed by atoms with Crippen molar-refractivity contribution < 1.29 is 19.1 Å². The van der Waals surface area contributed by atoms with Gasteiger partial charge in [-0.3, -0.25) is 9.59 Å². The van der Waals surface area contributed by atoms with Crippen LogP contribution >= 0.6 is 0 Å². The molecule has 3 aliphatic rings. The number of carbonyl (C=O) groups excluding carboxylic acids is 2. The zero-order chi connectivity index (χ0) is 9.71.